The maximum absolute atomic E-state index is 12.3. The van der Waals surface area contributed by atoms with Gasteiger partial charge in [0.2, 0.25) is 5.91 Å². The molecular weight excluding hydrogens is 368 g/mol. The molecule has 28 heavy (non-hydrogen) atoms. The molecule has 0 fully saturated rings. The van der Waals surface area contributed by atoms with Crippen LogP contribution in [0.4, 0.5) is 11.4 Å². The molecule has 2 aromatic rings. The summed E-state index contributed by atoms with van der Waals surface area (Å²) in [5.74, 6) is -1.41. The third kappa shape index (κ3) is 5.13. The SMILES string of the molecule is CCC(=O)Nc1ccc(C(=O)COc2ccc(C(=O)OC)cc2[N+](=O)[O-])cc1. The maximum Gasteiger partial charge on any atom is 0.338 e. The number of ketones is 1. The minimum Gasteiger partial charge on any atom is -0.478 e. The van der Waals surface area contributed by atoms with Crippen molar-refractivity contribution in [3.05, 3.63) is 63.7 Å². The smallest absolute Gasteiger partial charge is 0.338 e. The first-order valence-electron chi connectivity index (χ1n) is 8.28. The molecule has 0 heterocycles. The summed E-state index contributed by atoms with van der Waals surface area (Å²) in [6.45, 7) is 1.29. The van der Waals surface area contributed by atoms with Gasteiger partial charge in [-0.1, -0.05) is 6.92 Å². The summed E-state index contributed by atoms with van der Waals surface area (Å²) in [7, 11) is 1.16. The maximum atomic E-state index is 12.3. The van der Waals surface area contributed by atoms with Gasteiger partial charge in [-0.05, 0) is 36.4 Å². The number of rotatable bonds is 8. The molecule has 0 aliphatic heterocycles. The van der Waals surface area contributed by atoms with Gasteiger partial charge in [0.25, 0.3) is 0 Å². The molecule has 0 bridgehead atoms. The lowest BCUT2D eigenvalue weighted by Crippen LogP contribution is -2.13. The van der Waals surface area contributed by atoms with E-state index in [0.717, 1.165) is 13.2 Å². The summed E-state index contributed by atoms with van der Waals surface area (Å²) >= 11 is 0. The molecule has 0 radical (unpaired) electrons. The number of benzene rings is 2. The number of carbonyl (C=O) groups excluding carboxylic acids is 3. The Bertz CT molecular complexity index is 907. The first-order valence-corrected chi connectivity index (χ1v) is 8.28. The highest BCUT2D eigenvalue weighted by Gasteiger charge is 2.20. The summed E-state index contributed by atoms with van der Waals surface area (Å²) in [6.07, 6.45) is 0.335. The molecule has 0 aliphatic carbocycles. The van der Waals surface area contributed by atoms with Crippen molar-refractivity contribution in [3.8, 4) is 5.75 Å². The average Bonchev–Trinajstić information content (AvgIpc) is 2.71. The number of nitrogens with one attached hydrogen (secondary N) is 1. The van der Waals surface area contributed by atoms with E-state index in [9.17, 15) is 24.5 Å². The number of methoxy groups -OCH3 is 1. The lowest BCUT2D eigenvalue weighted by Gasteiger charge is -2.08. The van der Waals surface area contributed by atoms with Crippen molar-refractivity contribution in [2.75, 3.05) is 19.0 Å². The molecule has 1 N–H and O–H groups in total. The second-order valence-electron chi connectivity index (χ2n) is 5.62. The number of anilines is 1. The van der Waals surface area contributed by atoms with Crippen LogP contribution in [0.15, 0.2) is 42.5 Å². The van der Waals surface area contributed by atoms with Gasteiger partial charge in [0.15, 0.2) is 18.1 Å². The highest BCUT2D eigenvalue weighted by molar-refractivity contribution is 5.98. The normalized spacial score (nSPS) is 10.1. The Kier molecular flexibility index (Phi) is 6.80. The minimum atomic E-state index is -0.721. The van der Waals surface area contributed by atoms with Crippen LogP contribution in [0.25, 0.3) is 0 Å². The number of Topliss-reactive ketones (excluding diaryl/α,β-unsaturated/α-hetero) is 1. The molecule has 2 rings (SSSR count). The summed E-state index contributed by atoms with van der Waals surface area (Å²) in [4.78, 5) is 45.6. The van der Waals surface area contributed by atoms with E-state index in [1.165, 1.54) is 24.3 Å². The van der Waals surface area contributed by atoms with Gasteiger partial charge in [0.1, 0.15) is 0 Å². The van der Waals surface area contributed by atoms with Gasteiger partial charge in [0.05, 0.1) is 17.6 Å². The van der Waals surface area contributed by atoms with Gasteiger partial charge in [-0.15, -0.1) is 0 Å². The van der Waals surface area contributed by atoms with E-state index in [4.69, 9.17) is 4.74 Å². The first-order chi connectivity index (χ1) is 13.3. The van der Waals surface area contributed by atoms with Crippen molar-refractivity contribution in [2.45, 2.75) is 13.3 Å². The van der Waals surface area contributed by atoms with Gasteiger partial charge < -0.3 is 14.8 Å². The van der Waals surface area contributed by atoms with E-state index < -0.39 is 29.0 Å². The predicted octanol–water partition coefficient (Wildman–Crippen LogP) is 2.99. The Hall–Kier alpha value is -3.75. The minimum absolute atomic E-state index is 0.00223. The average molecular weight is 386 g/mol. The Balaban J connectivity index is 2.08. The van der Waals surface area contributed by atoms with Crippen molar-refractivity contribution < 1.29 is 28.8 Å². The zero-order valence-electron chi connectivity index (χ0n) is 15.3. The number of nitro benzene ring substituents is 1. The molecule has 0 saturated heterocycles. The molecule has 2 aromatic carbocycles. The summed E-state index contributed by atoms with van der Waals surface area (Å²) < 4.78 is 9.81. The molecule has 0 saturated carbocycles. The second kappa shape index (κ2) is 9.26. The van der Waals surface area contributed by atoms with Gasteiger partial charge in [-0.2, -0.15) is 0 Å². The topological polar surface area (TPSA) is 125 Å². The number of ether oxygens (including phenoxy) is 2. The fraction of sp³-hybridized carbons (Fsp3) is 0.211. The summed E-state index contributed by atoms with van der Waals surface area (Å²) in [6, 6.07) is 9.77. The molecule has 9 nitrogen and oxygen atoms in total. The van der Waals surface area contributed by atoms with Gasteiger partial charge in [-0.25, -0.2) is 4.79 Å². The van der Waals surface area contributed by atoms with Crippen molar-refractivity contribution in [2.24, 2.45) is 0 Å². The van der Waals surface area contributed by atoms with Crippen molar-refractivity contribution in [1.29, 1.82) is 0 Å². The van der Waals surface area contributed by atoms with E-state index in [1.54, 1.807) is 19.1 Å². The quantitative estimate of drug-likeness (QED) is 0.320. The zero-order chi connectivity index (χ0) is 20.7. The highest BCUT2D eigenvalue weighted by Crippen LogP contribution is 2.28. The van der Waals surface area contributed by atoms with Gasteiger partial charge in [0, 0.05) is 23.7 Å². The monoisotopic (exact) mass is 386 g/mol. The van der Waals surface area contributed by atoms with E-state index >= 15 is 0 Å². The van der Waals surface area contributed by atoms with E-state index in [1.807, 2.05) is 0 Å². The fourth-order valence-electron chi connectivity index (χ4n) is 2.24. The van der Waals surface area contributed by atoms with Gasteiger partial charge >= 0.3 is 11.7 Å². The van der Waals surface area contributed by atoms with Crippen molar-refractivity contribution >= 4 is 29.0 Å². The lowest BCUT2D eigenvalue weighted by atomic mass is 10.1. The van der Waals surface area contributed by atoms with Gasteiger partial charge in [-0.3, -0.25) is 19.7 Å². The molecule has 9 heteroatoms. The van der Waals surface area contributed by atoms with Crippen LogP contribution in [0.2, 0.25) is 0 Å². The number of esters is 1. The van der Waals surface area contributed by atoms with Crippen LogP contribution in [-0.4, -0.2) is 36.3 Å². The summed E-state index contributed by atoms with van der Waals surface area (Å²) in [5.41, 5.74) is 0.424. The van der Waals surface area contributed by atoms with E-state index in [2.05, 4.69) is 10.1 Å². The number of hydrogen-bond donors (Lipinski definition) is 1. The van der Waals surface area contributed by atoms with Crippen molar-refractivity contribution in [1.82, 2.24) is 0 Å². The van der Waals surface area contributed by atoms with Crippen LogP contribution in [0.3, 0.4) is 0 Å². The van der Waals surface area contributed by atoms with E-state index in [-0.39, 0.29) is 17.2 Å². The molecule has 0 unspecified atom stereocenters. The number of nitrogens with zero attached hydrogens (tertiary/aromatic N) is 1. The van der Waals surface area contributed by atoms with Crippen LogP contribution in [0, 0.1) is 10.1 Å². The molecule has 0 aliphatic rings. The Morgan fingerprint density at radius 3 is 2.29 bits per heavy atom. The predicted molar refractivity (Wildman–Crippen MR) is 99.6 cm³/mol. The second-order valence-corrected chi connectivity index (χ2v) is 5.62. The van der Waals surface area contributed by atoms with Crippen LogP contribution in [0.5, 0.6) is 5.75 Å². The first kappa shape index (κ1) is 20.6. The Morgan fingerprint density at radius 1 is 1.07 bits per heavy atom. The zero-order valence-corrected chi connectivity index (χ0v) is 15.3. The largest absolute Gasteiger partial charge is 0.478 e. The molecule has 0 aromatic heterocycles. The lowest BCUT2D eigenvalue weighted by molar-refractivity contribution is -0.385. The molecule has 146 valence electrons. The van der Waals surface area contributed by atoms with Crippen LogP contribution in [0.1, 0.15) is 34.1 Å². The molecule has 1 amide bonds. The van der Waals surface area contributed by atoms with E-state index in [0.29, 0.717) is 17.7 Å². The summed E-state index contributed by atoms with van der Waals surface area (Å²) in [5, 5.41) is 13.9. The number of carbonyl (C=O) groups is 3. The van der Waals surface area contributed by atoms with Crippen LogP contribution in [-0.2, 0) is 9.53 Å². The standard InChI is InChI=1S/C19H18N2O7/c1-3-18(23)20-14-7-4-12(5-8-14)16(22)11-28-17-9-6-13(19(24)27-2)10-15(17)21(25)26/h4-10H,3,11H2,1-2H3,(H,20,23). The van der Waals surface area contributed by atoms with Crippen LogP contribution < -0.4 is 10.1 Å². The van der Waals surface area contributed by atoms with Crippen LogP contribution >= 0.6 is 0 Å². The number of hydrogen-bond acceptors (Lipinski definition) is 7. The number of amides is 1. The Morgan fingerprint density at radius 2 is 1.71 bits per heavy atom. The third-order valence-corrected chi connectivity index (χ3v) is 3.75. The fourth-order valence-corrected chi connectivity index (χ4v) is 2.24. The molecule has 0 atom stereocenters. The third-order valence-electron chi connectivity index (χ3n) is 3.75. The molecule has 0 spiro atoms. The highest BCUT2D eigenvalue weighted by atomic mass is 16.6. The van der Waals surface area contributed by atoms with Crippen molar-refractivity contribution in [3.63, 3.8) is 0 Å². The molecular formula is C19H18N2O7. The Labute approximate surface area is 160 Å². The number of nitro groups is 1.